The third-order valence-corrected chi connectivity index (χ3v) is 6.97. The van der Waals surface area contributed by atoms with Crippen LogP contribution < -0.4 is 4.74 Å². The van der Waals surface area contributed by atoms with E-state index in [1.165, 1.54) is 5.01 Å². The van der Waals surface area contributed by atoms with E-state index in [1.54, 1.807) is 19.4 Å². The minimum atomic E-state index is -0.446. The first-order valence-corrected chi connectivity index (χ1v) is 13.6. The lowest BCUT2D eigenvalue weighted by Crippen LogP contribution is -2.27. The van der Waals surface area contributed by atoms with Gasteiger partial charge in [0.25, 0.3) is 0 Å². The number of aromatic nitrogens is 2. The van der Waals surface area contributed by atoms with Crippen LogP contribution in [0.4, 0.5) is 0 Å². The van der Waals surface area contributed by atoms with E-state index in [4.69, 9.17) is 30.7 Å². The Morgan fingerprint density at radius 1 is 1.02 bits per heavy atom. The molecule has 0 bridgehead atoms. The first-order chi connectivity index (χ1) is 19.5. The van der Waals surface area contributed by atoms with Crippen molar-refractivity contribution in [3.8, 4) is 16.9 Å². The smallest absolute Gasteiger partial charge is 0.305 e. The van der Waals surface area contributed by atoms with Gasteiger partial charge in [-0.05, 0) is 49.6 Å². The molecular formula is C30H29ClN4O5. The Bertz CT molecular complexity index is 1540. The zero-order chi connectivity index (χ0) is 28.1. The Morgan fingerprint density at radius 3 is 2.55 bits per heavy atom. The van der Waals surface area contributed by atoms with E-state index in [0.717, 1.165) is 27.8 Å². The summed E-state index contributed by atoms with van der Waals surface area (Å²) in [7, 11) is 0. The van der Waals surface area contributed by atoms with Crippen molar-refractivity contribution in [3.05, 3.63) is 77.3 Å². The molecule has 1 aliphatic heterocycles. The van der Waals surface area contributed by atoms with Crippen molar-refractivity contribution in [2.24, 2.45) is 5.10 Å². The molecular weight excluding hydrogens is 532 g/mol. The van der Waals surface area contributed by atoms with Crippen LogP contribution in [-0.2, 0) is 14.3 Å². The van der Waals surface area contributed by atoms with Crippen LogP contribution in [0.2, 0.25) is 5.15 Å². The quantitative estimate of drug-likeness (QED) is 0.164. The van der Waals surface area contributed by atoms with E-state index < -0.39 is 6.04 Å². The summed E-state index contributed by atoms with van der Waals surface area (Å²) in [5, 5.41) is 11.2. The van der Waals surface area contributed by atoms with E-state index in [-0.39, 0.29) is 24.7 Å². The molecule has 1 amide bonds. The Labute approximate surface area is 236 Å². The zero-order valence-electron chi connectivity index (χ0n) is 22.3. The first kappa shape index (κ1) is 27.3. The van der Waals surface area contributed by atoms with Gasteiger partial charge in [-0.3, -0.25) is 9.59 Å². The Morgan fingerprint density at radius 2 is 1.82 bits per heavy atom. The zero-order valence-corrected chi connectivity index (χ0v) is 23.1. The molecule has 1 aliphatic rings. The van der Waals surface area contributed by atoms with Crippen molar-refractivity contribution in [3.63, 3.8) is 0 Å². The number of amides is 1. The fourth-order valence-electron chi connectivity index (χ4n) is 4.72. The molecule has 206 valence electrons. The van der Waals surface area contributed by atoms with Crippen molar-refractivity contribution < 1.29 is 23.6 Å². The summed E-state index contributed by atoms with van der Waals surface area (Å²) < 4.78 is 15.5. The monoisotopic (exact) mass is 560 g/mol. The molecule has 0 N–H and O–H groups in total. The fraction of sp³-hybridized carbons (Fsp3) is 0.300. The number of rotatable bonds is 10. The number of halogens is 1. The van der Waals surface area contributed by atoms with Gasteiger partial charge in [-0.2, -0.15) is 5.10 Å². The van der Waals surface area contributed by atoms with Crippen molar-refractivity contribution in [1.29, 1.82) is 0 Å². The van der Waals surface area contributed by atoms with Crippen LogP contribution in [-0.4, -0.2) is 46.0 Å². The van der Waals surface area contributed by atoms with E-state index in [1.807, 2.05) is 55.5 Å². The fourth-order valence-corrected chi connectivity index (χ4v) is 4.99. The third kappa shape index (κ3) is 5.99. The van der Waals surface area contributed by atoms with Crippen LogP contribution in [0.1, 0.15) is 56.7 Å². The highest BCUT2D eigenvalue weighted by Gasteiger charge is 2.34. The molecule has 5 rings (SSSR count). The van der Waals surface area contributed by atoms with Crippen LogP contribution in [0.15, 0.2) is 70.6 Å². The van der Waals surface area contributed by atoms with E-state index in [2.05, 4.69) is 10.1 Å². The average molecular weight is 561 g/mol. The molecule has 1 atom stereocenters. The molecule has 3 heterocycles. The number of carbonyl (C=O) groups is 2. The number of hydrazone groups is 1. The molecule has 0 aliphatic carbocycles. The third-order valence-electron chi connectivity index (χ3n) is 6.67. The van der Waals surface area contributed by atoms with Gasteiger partial charge in [-0.1, -0.05) is 41.0 Å². The molecule has 2 aromatic carbocycles. The van der Waals surface area contributed by atoms with Gasteiger partial charge in [0.05, 0.1) is 36.7 Å². The molecule has 0 saturated heterocycles. The lowest BCUT2D eigenvalue weighted by Gasteiger charge is -2.23. The summed E-state index contributed by atoms with van der Waals surface area (Å²) in [6.07, 6.45) is 4.37. The number of esters is 1. The molecule has 1 unspecified atom stereocenters. The van der Waals surface area contributed by atoms with Gasteiger partial charge < -0.3 is 14.0 Å². The summed E-state index contributed by atoms with van der Waals surface area (Å²) in [6.45, 7) is 4.54. The maximum absolute atomic E-state index is 13.4. The normalized spacial score (nSPS) is 14.8. The number of benzene rings is 2. The van der Waals surface area contributed by atoms with Gasteiger partial charge in [-0.15, -0.1) is 0 Å². The second-order valence-corrected chi connectivity index (χ2v) is 9.67. The molecule has 9 nitrogen and oxygen atoms in total. The summed E-state index contributed by atoms with van der Waals surface area (Å²) in [5.41, 5.74) is 4.88. The lowest BCUT2D eigenvalue weighted by atomic mass is 9.97. The minimum absolute atomic E-state index is 0.148. The highest BCUT2D eigenvalue weighted by atomic mass is 35.5. The number of pyridine rings is 1. The van der Waals surface area contributed by atoms with Crippen LogP contribution >= 0.6 is 11.6 Å². The maximum atomic E-state index is 13.4. The topological polar surface area (TPSA) is 107 Å². The molecule has 0 fully saturated rings. The highest BCUT2D eigenvalue weighted by molar-refractivity contribution is 6.30. The molecule has 0 saturated carbocycles. The Balaban J connectivity index is 1.44. The Hall–Kier alpha value is -4.24. The van der Waals surface area contributed by atoms with E-state index >= 15 is 0 Å². The van der Waals surface area contributed by atoms with Gasteiger partial charge in [0.15, 0.2) is 0 Å². The van der Waals surface area contributed by atoms with Gasteiger partial charge in [-0.25, -0.2) is 9.99 Å². The van der Waals surface area contributed by atoms with Crippen molar-refractivity contribution in [1.82, 2.24) is 15.1 Å². The molecule has 0 radical (unpaired) electrons. The second kappa shape index (κ2) is 12.3. The standard InChI is InChI=1S/C30H29ClN4O5/c1-3-38-23-13-12-21-14-24(30(31)33-25(21)15-23)27-16-26(20-10-8-19(9-11-20)22-17-32-40-18-22)34-35(27)28(36)6-5-7-29(37)39-4-2/h8-15,17-18,27H,3-7,16H2,1-2H3. The first-order valence-electron chi connectivity index (χ1n) is 13.2. The summed E-state index contributed by atoms with van der Waals surface area (Å²) >= 11 is 6.72. The maximum Gasteiger partial charge on any atom is 0.305 e. The number of fused-ring (bicyclic) bond motifs is 1. The molecule has 0 spiro atoms. The predicted octanol–water partition coefficient (Wildman–Crippen LogP) is 6.35. The lowest BCUT2D eigenvalue weighted by molar-refractivity contribution is -0.143. The Kier molecular flexibility index (Phi) is 8.40. The molecule has 4 aromatic rings. The van der Waals surface area contributed by atoms with Crippen molar-refractivity contribution in [2.75, 3.05) is 13.2 Å². The highest BCUT2D eigenvalue weighted by Crippen LogP contribution is 2.38. The minimum Gasteiger partial charge on any atom is -0.494 e. The van der Waals surface area contributed by atoms with E-state index in [0.29, 0.717) is 48.0 Å². The van der Waals surface area contributed by atoms with Crippen LogP contribution in [0.5, 0.6) is 5.75 Å². The predicted molar refractivity (Wildman–Crippen MR) is 151 cm³/mol. The SMILES string of the molecule is CCOC(=O)CCCC(=O)N1N=C(c2ccc(-c3cnoc3)cc2)CC1c1cc2ccc(OCC)cc2nc1Cl. The van der Waals surface area contributed by atoms with Gasteiger partial charge >= 0.3 is 5.97 Å². The van der Waals surface area contributed by atoms with Gasteiger partial charge in [0.1, 0.15) is 17.2 Å². The van der Waals surface area contributed by atoms with Gasteiger partial charge in [0.2, 0.25) is 5.91 Å². The number of hydrogen-bond donors (Lipinski definition) is 0. The molecule has 40 heavy (non-hydrogen) atoms. The van der Waals surface area contributed by atoms with Crippen molar-refractivity contribution >= 4 is 40.1 Å². The van der Waals surface area contributed by atoms with Crippen molar-refractivity contribution in [2.45, 2.75) is 45.6 Å². The van der Waals surface area contributed by atoms with E-state index in [9.17, 15) is 9.59 Å². The number of ether oxygens (including phenoxy) is 2. The van der Waals surface area contributed by atoms with Crippen LogP contribution in [0.3, 0.4) is 0 Å². The second-order valence-electron chi connectivity index (χ2n) is 9.31. The molecule has 10 heteroatoms. The van der Waals surface area contributed by atoms with Crippen LogP contribution in [0, 0.1) is 0 Å². The average Bonchev–Trinajstić information content (AvgIpc) is 3.64. The largest absolute Gasteiger partial charge is 0.494 e. The number of carbonyl (C=O) groups excluding carboxylic acids is 2. The summed E-state index contributed by atoms with van der Waals surface area (Å²) in [5.74, 6) is 0.192. The van der Waals surface area contributed by atoms with Crippen LogP contribution in [0.25, 0.3) is 22.0 Å². The number of nitrogens with zero attached hydrogens (tertiary/aromatic N) is 4. The van der Waals surface area contributed by atoms with Gasteiger partial charge in [0, 0.05) is 41.8 Å². The molecule has 2 aromatic heterocycles. The summed E-state index contributed by atoms with van der Waals surface area (Å²) in [4.78, 5) is 29.8. The number of hydrogen-bond acceptors (Lipinski definition) is 8. The summed E-state index contributed by atoms with van der Waals surface area (Å²) in [6, 6.07) is 15.0.